The molecule has 3 rings (SSSR count). The van der Waals surface area contributed by atoms with Crippen molar-refractivity contribution in [3.63, 3.8) is 0 Å². The highest BCUT2D eigenvalue weighted by Gasteiger charge is 2.33. The van der Waals surface area contributed by atoms with Crippen LogP contribution in [-0.2, 0) is 26.2 Å². The fourth-order valence-corrected chi connectivity index (χ4v) is 5.66. The van der Waals surface area contributed by atoms with Gasteiger partial charge in [0.2, 0.25) is 11.8 Å². The lowest BCUT2D eigenvalue weighted by Crippen LogP contribution is -2.54. The maximum Gasteiger partial charge on any atom is 0.264 e. The van der Waals surface area contributed by atoms with Crippen LogP contribution in [0.1, 0.15) is 38.8 Å². The molecule has 0 fully saturated rings. The van der Waals surface area contributed by atoms with Crippen molar-refractivity contribution in [1.82, 2.24) is 10.2 Å². The monoisotopic (exact) mass is 617 g/mol. The number of benzene rings is 3. The summed E-state index contributed by atoms with van der Waals surface area (Å²) in [7, 11) is -4.18. The Kier molecular flexibility index (Phi) is 9.55. The zero-order valence-corrected chi connectivity index (χ0v) is 25.0. The molecule has 39 heavy (non-hydrogen) atoms. The molecule has 0 aliphatic rings. The van der Waals surface area contributed by atoms with Gasteiger partial charge in [0.25, 0.3) is 10.0 Å². The molecule has 10 heteroatoms. The van der Waals surface area contributed by atoms with Gasteiger partial charge in [-0.1, -0.05) is 57.9 Å². The summed E-state index contributed by atoms with van der Waals surface area (Å²) < 4.78 is 43.9. The van der Waals surface area contributed by atoms with Crippen LogP contribution in [0.2, 0.25) is 0 Å². The zero-order valence-electron chi connectivity index (χ0n) is 22.6. The Morgan fingerprint density at radius 3 is 2.23 bits per heavy atom. The number of carbonyl (C=O) groups excluding carboxylic acids is 2. The molecular formula is C29H33BrFN3O4S. The number of nitrogens with one attached hydrogen (secondary N) is 1. The van der Waals surface area contributed by atoms with Crippen LogP contribution in [0, 0.1) is 12.7 Å². The first kappa shape index (κ1) is 30.3. The molecule has 0 heterocycles. The number of sulfonamides is 1. The van der Waals surface area contributed by atoms with Crippen LogP contribution in [-0.4, -0.2) is 43.3 Å². The molecule has 0 saturated carbocycles. The summed E-state index contributed by atoms with van der Waals surface area (Å²) in [6.07, 6.45) is 0. The standard InChI is InChI=1S/C29H33BrFN3O4S/c1-20-13-15-25(16-14-20)39(37,38)34(24-11-8-10-23(30)17-24)19-27(35)33(18-22-9-6-7-12-26(22)31)21(2)28(36)32-29(3,4)5/h6-17,21H,18-19H2,1-5H3,(H,32,36). The second-order valence-electron chi connectivity index (χ2n) is 10.3. The number of hydrogen-bond donors (Lipinski definition) is 1. The van der Waals surface area contributed by atoms with Crippen molar-refractivity contribution in [1.29, 1.82) is 0 Å². The van der Waals surface area contributed by atoms with E-state index in [-0.39, 0.29) is 22.7 Å². The van der Waals surface area contributed by atoms with Crippen LogP contribution in [0.15, 0.2) is 82.2 Å². The maximum absolute atomic E-state index is 14.6. The van der Waals surface area contributed by atoms with Crippen LogP contribution < -0.4 is 9.62 Å². The number of hydrogen-bond acceptors (Lipinski definition) is 4. The third-order valence-corrected chi connectivity index (χ3v) is 8.23. The average molecular weight is 619 g/mol. The normalized spacial score (nSPS) is 12.5. The van der Waals surface area contributed by atoms with E-state index in [0.717, 1.165) is 9.87 Å². The van der Waals surface area contributed by atoms with Gasteiger partial charge >= 0.3 is 0 Å². The molecule has 7 nitrogen and oxygen atoms in total. The molecule has 0 aromatic heterocycles. The second kappa shape index (κ2) is 12.3. The lowest BCUT2D eigenvalue weighted by molar-refractivity contribution is -0.140. The molecule has 3 aromatic rings. The Bertz CT molecular complexity index is 1440. The molecule has 1 N–H and O–H groups in total. The van der Waals surface area contributed by atoms with Crippen molar-refractivity contribution in [3.05, 3.63) is 94.2 Å². The van der Waals surface area contributed by atoms with Gasteiger partial charge in [-0.25, -0.2) is 12.8 Å². The van der Waals surface area contributed by atoms with Crippen LogP contribution in [0.4, 0.5) is 10.1 Å². The van der Waals surface area contributed by atoms with Crippen molar-refractivity contribution < 1.29 is 22.4 Å². The molecule has 0 bridgehead atoms. The van der Waals surface area contributed by atoms with Gasteiger partial charge in [-0.15, -0.1) is 0 Å². The van der Waals surface area contributed by atoms with Crippen molar-refractivity contribution in [2.24, 2.45) is 0 Å². The van der Waals surface area contributed by atoms with Crippen LogP contribution in [0.5, 0.6) is 0 Å². The Balaban J connectivity index is 2.05. The fraction of sp³-hybridized carbons (Fsp3) is 0.310. The first-order valence-electron chi connectivity index (χ1n) is 12.4. The van der Waals surface area contributed by atoms with E-state index in [1.807, 2.05) is 27.7 Å². The molecule has 1 atom stereocenters. The van der Waals surface area contributed by atoms with E-state index in [4.69, 9.17) is 0 Å². The van der Waals surface area contributed by atoms with E-state index in [2.05, 4.69) is 21.2 Å². The van der Waals surface area contributed by atoms with Gasteiger partial charge in [-0.05, 0) is 71.0 Å². The lowest BCUT2D eigenvalue weighted by Gasteiger charge is -2.33. The quantitative estimate of drug-likeness (QED) is 0.347. The fourth-order valence-electron chi connectivity index (χ4n) is 3.86. The van der Waals surface area contributed by atoms with Gasteiger partial charge < -0.3 is 10.2 Å². The third-order valence-electron chi connectivity index (χ3n) is 5.95. The number of aryl methyl sites for hydroxylation is 1. The predicted molar refractivity (Wildman–Crippen MR) is 154 cm³/mol. The highest BCUT2D eigenvalue weighted by Crippen LogP contribution is 2.27. The topological polar surface area (TPSA) is 86.8 Å². The molecule has 208 valence electrons. The van der Waals surface area contributed by atoms with Gasteiger partial charge in [0.1, 0.15) is 18.4 Å². The predicted octanol–water partition coefficient (Wildman–Crippen LogP) is 5.42. The maximum atomic E-state index is 14.6. The molecule has 0 spiro atoms. The molecular weight excluding hydrogens is 585 g/mol. The first-order valence-corrected chi connectivity index (χ1v) is 14.6. The van der Waals surface area contributed by atoms with E-state index in [1.54, 1.807) is 42.5 Å². The Labute approximate surface area is 238 Å². The number of rotatable bonds is 9. The van der Waals surface area contributed by atoms with Gasteiger partial charge in [-0.3, -0.25) is 13.9 Å². The van der Waals surface area contributed by atoms with Crippen LogP contribution >= 0.6 is 15.9 Å². The summed E-state index contributed by atoms with van der Waals surface area (Å²) in [5.74, 6) is -1.64. The summed E-state index contributed by atoms with van der Waals surface area (Å²) in [6, 6.07) is 17.9. The Morgan fingerprint density at radius 1 is 1.00 bits per heavy atom. The molecule has 0 radical (unpaired) electrons. The van der Waals surface area contributed by atoms with Crippen molar-refractivity contribution in [3.8, 4) is 0 Å². The first-order chi connectivity index (χ1) is 18.2. The van der Waals surface area contributed by atoms with E-state index in [9.17, 15) is 22.4 Å². The second-order valence-corrected chi connectivity index (χ2v) is 13.1. The summed E-state index contributed by atoms with van der Waals surface area (Å²) in [4.78, 5) is 28.2. The SMILES string of the molecule is Cc1ccc(S(=O)(=O)N(CC(=O)N(Cc2ccccc2F)C(C)C(=O)NC(C)(C)C)c2cccc(Br)c2)cc1. The van der Waals surface area contributed by atoms with Crippen molar-refractivity contribution >= 4 is 43.5 Å². The van der Waals surface area contributed by atoms with Gasteiger partial charge in [-0.2, -0.15) is 0 Å². The molecule has 3 aromatic carbocycles. The van der Waals surface area contributed by atoms with Crippen LogP contribution in [0.3, 0.4) is 0 Å². The number of halogens is 2. The number of anilines is 1. The third kappa shape index (κ3) is 7.89. The van der Waals surface area contributed by atoms with E-state index in [1.165, 1.54) is 42.2 Å². The summed E-state index contributed by atoms with van der Waals surface area (Å²) >= 11 is 3.37. The number of amides is 2. The molecule has 1 unspecified atom stereocenters. The van der Waals surface area contributed by atoms with E-state index < -0.39 is 45.8 Å². The van der Waals surface area contributed by atoms with E-state index >= 15 is 0 Å². The zero-order chi connectivity index (χ0) is 29.0. The Morgan fingerprint density at radius 2 is 1.64 bits per heavy atom. The minimum Gasteiger partial charge on any atom is -0.350 e. The van der Waals surface area contributed by atoms with Gasteiger partial charge in [0.15, 0.2) is 0 Å². The van der Waals surface area contributed by atoms with Crippen molar-refractivity contribution in [2.75, 3.05) is 10.8 Å². The van der Waals surface area contributed by atoms with Gasteiger partial charge in [0.05, 0.1) is 10.6 Å². The number of nitrogens with zero attached hydrogens (tertiary/aromatic N) is 2. The highest BCUT2D eigenvalue weighted by molar-refractivity contribution is 9.10. The smallest absolute Gasteiger partial charge is 0.264 e. The largest absolute Gasteiger partial charge is 0.350 e. The summed E-state index contributed by atoms with van der Waals surface area (Å²) in [5, 5.41) is 2.84. The molecule has 2 amide bonds. The summed E-state index contributed by atoms with van der Waals surface area (Å²) in [6.45, 7) is 7.99. The molecule has 0 aliphatic carbocycles. The van der Waals surface area contributed by atoms with Gasteiger partial charge in [0, 0.05) is 22.1 Å². The van der Waals surface area contributed by atoms with E-state index in [0.29, 0.717) is 4.47 Å². The summed E-state index contributed by atoms with van der Waals surface area (Å²) in [5.41, 5.74) is 0.774. The average Bonchev–Trinajstić information content (AvgIpc) is 2.85. The number of carbonyl (C=O) groups is 2. The lowest BCUT2D eigenvalue weighted by atomic mass is 10.1. The van der Waals surface area contributed by atoms with Crippen LogP contribution in [0.25, 0.3) is 0 Å². The minimum atomic E-state index is -4.18. The Hall–Kier alpha value is -3.24. The molecule has 0 saturated heterocycles. The van der Waals surface area contributed by atoms with Crippen molar-refractivity contribution in [2.45, 2.75) is 57.6 Å². The molecule has 0 aliphatic heterocycles. The minimum absolute atomic E-state index is 0.0139. The highest BCUT2D eigenvalue weighted by atomic mass is 79.9.